The first-order valence-electron chi connectivity index (χ1n) is 5.60. The normalized spacial score (nSPS) is 29.1. The van der Waals surface area contributed by atoms with Gasteiger partial charge in [0.25, 0.3) is 0 Å². The molecular weight excluding hydrogens is 220 g/mol. The van der Waals surface area contributed by atoms with Gasteiger partial charge in [-0.3, -0.25) is 4.79 Å². The lowest BCUT2D eigenvalue weighted by Crippen LogP contribution is -2.50. The van der Waals surface area contributed by atoms with E-state index in [9.17, 15) is 4.79 Å². The number of nitriles is 1. The number of hydrogen-bond acceptors (Lipinski definition) is 3. The van der Waals surface area contributed by atoms with E-state index in [0.717, 1.165) is 0 Å². The molecule has 16 heavy (non-hydrogen) atoms. The Labute approximate surface area is 102 Å². The van der Waals surface area contributed by atoms with Crippen LogP contribution in [0.4, 0.5) is 0 Å². The zero-order valence-corrected chi connectivity index (χ0v) is 11.3. The zero-order valence-electron chi connectivity index (χ0n) is 10.5. The molecule has 1 rings (SSSR count). The molecule has 0 unspecified atom stereocenters. The predicted molar refractivity (Wildman–Crippen MR) is 67.0 cm³/mol. The number of amides is 1. The van der Waals surface area contributed by atoms with Gasteiger partial charge in [-0.1, -0.05) is 6.92 Å². The molecule has 0 aromatic carbocycles. The SMILES string of the molecule is CSC(C)(C)CNC(=O)C1(C#N)CC(C)C1. The molecule has 1 fully saturated rings. The van der Waals surface area contributed by atoms with Crippen molar-refractivity contribution in [3.8, 4) is 6.07 Å². The summed E-state index contributed by atoms with van der Waals surface area (Å²) >= 11 is 1.72. The summed E-state index contributed by atoms with van der Waals surface area (Å²) in [5.41, 5.74) is -0.742. The van der Waals surface area contributed by atoms with E-state index in [-0.39, 0.29) is 10.7 Å². The molecule has 0 aliphatic heterocycles. The fourth-order valence-corrected chi connectivity index (χ4v) is 2.21. The topological polar surface area (TPSA) is 52.9 Å². The lowest BCUT2D eigenvalue weighted by Gasteiger charge is -2.39. The molecule has 1 aliphatic carbocycles. The fraction of sp³-hybridized carbons (Fsp3) is 0.833. The minimum absolute atomic E-state index is 0.0294. The summed E-state index contributed by atoms with van der Waals surface area (Å²) in [5, 5.41) is 12.0. The summed E-state index contributed by atoms with van der Waals surface area (Å²) in [4.78, 5) is 11.9. The number of carbonyl (C=O) groups is 1. The Morgan fingerprint density at radius 1 is 1.62 bits per heavy atom. The molecule has 4 heteroatoms. The highest BCUT2D eigenvalue weighted by Gasteiger charge is 2.48. The number of carbonyl (C=O) groups excluding carboxylic acids is 1. The van der Waals surface area contributed by atoms with E-state index in [1.165, 1.54) is 0 Å². The van der Waals surface area contributed by atoms with Crippen LogP contribution in [0.2, 0.25) is 0 Å². The van der Waals surface area contributed by atoms with Crippen molar-refractivity contribution in [2.45, 2.75) is 38.4 Å². The highest BCUT2D eigenvalue weighted by molar-refractivity contribution is 7.99. The van der Waals surface area contributed by atoms with E-state index in [4.69, 9.17) is 5.26 Å². The van der Waals surface area contributed by atoms with Crippen LogP contribution in [0.15, 0.2) is 0 Å². The van der Waals surface area contributed by atoms with Crippen molar-refractivity contribution in [3.63, 3.8) is 0 Å². The summed E-state index contributed by atoms with van der Waals surface area (Å²) in [6, 6.07) is 2.18. The summed E-state index contributed by atoms with van der Waals surface area (Å²) in [5.74, 6) is 0.411. The van der Waals surface area contributed by atoms with Crippen molar-refractivity contribution < 1.29 is 4.79 Å². The maximum Gasteiger partial charge on any atom is 0.240 e. The van der Waals surface area contributed by atoms with Gasteiger partial charge >= 0.3 is 0 Å². The molecule has 1 aliphatic rings. The largest absolute Gasteiger partial charge is 0.353 e. The molecule has 0 aromatic rings. The molecule has 0 atom stereocenters. The van der Waals surface area contributed by atoms with Crippen molar-refractivity contribution in [3.05, 3.63) is 0 Å². The fourth-order valence-electron chi connectivity index (χ4n) is 1.99. The van der Waals surface area contributed by atoms with Gasteiger partial charge in [0.2, 0.25) is 5.91 Å². The lowest BCUT2D eigenvalue weighted by atomic mass is 9.63. The monoisotopic (exact) mass is 240 g/mol. The van der Waals surface area contributed by atoms with Crippen LogP contribution < -0.4 is 5.32 Å². The highest BCUT2D eigenvalue weighted by atomic mass is 32.2. The van der Waals surface area contributed by atoms with Gasteiger partial charge in [0, 0.05) is 11.3 Å². The summed E-state index contributed by atoms with van der Waals surface area (Å²) in [6.07, 6.45) is 3.43. The van der Waals surface area contributed by atoms with Crippen molar-refractivity contribution in [1.82, 2.24) is 5.32 Å². The van der Waals surface area contributed by atoms with Gasteiger partial charge in [-0.05, 0) is 38.9 Å². The minimum atomic E-state index is -0.742. The predicted octanol–water partition coefficient (Wildman–Crippen LogP) is 2.18. The van der Waals surface area contributed by atoms with Gasteiger partial charge in [-0.2, -0.15) is 17.0 Å². The van der Waals surface area contributed by atoms with Crippen LogP contribution in [0.3, 0.4) is 0 Å². The second-order valence-corrected chi connectivity index (χ2v) is 6.87. The Hall–Kier alpha value is -0.690. The molecule has 0 radical (unpaired) electrons. The molecule has 90 valence electrons. The van der Waals surface area contributed by atoms with Gasteiger partial charge in [0.15, 0.2) is 0 Å². The van der Waals surface area contributed by atoms with E-state index in [2.05, 4.69) is 32.2 Å². The number of nitrogens with one attached hydrogen (secondary N) is 1. The van der Waals surface area contributed by atoms with Crippen LogP contribution in [0.25, 0.3) is 0 Å². The molecule has 3 nitrogen and oxygen atoms in total. The molecule has 0 aromatic heterocycles. The van der Waals surface area contributed by atoms with E-state index < -0.39 is 5.41 Å². The standard InChI is InChI=1S/C12H20N2OS/c1-9-5-12(6-9,7-13)10(15)14-8-11(2,3)16-4/h9H,5-6,8H2,1-4H3,(H,14,15). The first-order valence-corrected chi connectivity index (χ1v) is 6.82. The number of rotatable bonds is 4. The van der Waals surface area contributed by atoms with E-state index in [1.807, 2.05) is 6.26 Å². The zero-order chi connectivity index (χ0) is 12.4. The molecule has 1 amide bonds. The van der Waals surface area contributed by atoms with Crippen LogP contribution >= 0.6 is 11.8 Å². The average molecular weight is 240 g/mol. The third kappa shape index (κ3) is 2.70. The van der Waals surface area contributed by atoms with E-state index >= 15 is 0 Å². The molecule has 0 heterocycles. The lowest BCUT2D eigenvalue weighted by molar-refractivity contribution is -0.134. The Morgan fingerprint density at radius 2 is 2.19 bits per heavy atom. The maximum atomic E-state index is 11.9. The van der Waals surface area contributed by atoms with Gasteiger partial charge in [0.05, 0.1) is 6.07 Å². The van der Waals surface area contributed by atoms with Crippen molar-refractivity contribution in [2.75, 3.05) is 12.8 Å². The molecular formula is C12H20N2OS. The molecule has 0 bridgehead atoms. The number of nitrogens with zero attached hydrogens (tertiary/aromatic N) is 1. The molecule has 1 saturated carbocycles. The molecule has 0 saturated heterocycles. The Balaban J connectivity index is 2.50. The maximum absolute atomic E-state index is 11.9. The van der Waals surface area contributed by atoms with E-state index in [0.29, 0.717) is 25.3 Å². The minimum Gasteiger partial charge on any atom is -0.353 e. The van der Waals surface area contributed by atoms with Gasteiger partial charge in [-0.15, -0.1) is 0 Å². The number of hydrogen-bond donors (Lipinski definition) is 1. The first kappa shape index (κ1) is 13.4. The van der Waals surface area contributed by atoms with Crippen LogP contribution in [-0.4, -0.2) is 23.5 Å². The summed E-state index contributed by atoms with van der Waals surface area (Å²) in [7, 11) is 0. The Morgan fingerprint density at radius 3 is 2.56 bits per heavy atom. The second kappa shape index (κ2) is 4.67. The molecule has 0 spiro atoms. The van der Waals surface area contributed by atoms with Crippen molar-refractivity contribution in [1.29, 1.82) is 5.26 Å². The van der Waals surface area contributed by atoms with Crippen molar-refractivity contribution in [2.24, 2.45) is 11.3 Å². The third-order valence-electron chi connectivity index (χ3n) is 3.27. The van der Waals surface area contributed by atoms with Gasteiger partial charge in [0.1, 0.15) is 5.41 Å². The van der Waals surface area contributed by atoms with E-state index in [1.54, 1.807) is 11.8 Å². The van der Waals surface area contributed by atoms with Crippen LogP contribution in [0, 0.1) is 22.7 Å². The Kier molecular flexibility index (Phi) is 3.90. The van der Waals surface area contributed by atoms with Crippen LogP contribution in [-0.2, 0) is 4.79 Å². The van der Waals surface area contributed by atoms with Crippen LogP contribution in [0.5, 0.6) is 0 Å². The van der Waals surface area contributed by atoms with Crippen LogP contribution in [0.1, 0.15) is 33.6 Å². The molecule has 1 N–H and O–H groups in total. The van der Waals surface area contributed by atoms with Crippen molar-refractivity contribution >= 4 is 17.7 Å². The summed E-state index contributed by atoms with van der Waals surface area (Å²) in [6.45, 7) is 6.86. The van der Waals surface area contributed by atoms with Gasteiger partial charge < -0.3 is 5.32 Å². The second-order valence-electron chi connectivity index (χ2n) is 5.35. The first-order chi connectivity index (χ1) is 7.35. The Bertz CT molecular complexity index is 313. The smallest absolute Gasteiger partial charge is 0.240 e. The average Bonchev–Trinajstić information content (AvgIpc) is 2.21. The third-order valence-corrected chi connectivity index (χ3v) is 4.52. The number of thioether (sulfide) groups is 1. The highest BCUT2D eigenvalue weighted by Crippen LogP contribution is 2.45. The summed E-state index contributed by atoms with van der Waals surface area (Å²) < 4.78 is 0.0294. The van der Waals surface area contributed by atoms with Gasteiger partial charge in [-0.25, -0.2) is 0 Å². The quantitative estimate of drug-likeness (QED) is 0.819.